The molecule has 1 amide bonds. The zero-order valence-electron chi connectivity index (χ0n) is 13.0. The number of carbonyl (C=O) groups is 1. The number of amides is 1. The first-order valence-corrected chi connectivity index (χ1v) is 8.05. The number of nitrogen functional groups attached to an aromatic ring is 1. The Labute approximate surface area is 135 Å². The van der Waals surface area contributed by atoms with Crippen molar-refractivity contribution in [1.82, 2.24) is 4.90 Å². The van der Waals surface area contributed by atoms with Crippen LogP contribution >= 0.6 is 0 Å². The molecule has 0 bridgehead atoms. The van der Waals surface area contributed by atoms with Crippen molar-refractivity contribution < 1.29 is 9.53 Å². The number of ether oxygens (including phenoxy) is 1. The fraction of sp³-hybridized carbons (Fsp3) is 0.316. The smallest absolute Gasteiger partial charge is 0.253 e. The van der Waals surface area contributed by atoms with Crippen molar-refractivity contribution in [3.63, 3.8) is 0 Å². The first kappa shape index (κ1) is 14.3. The summed E-state index contributed by atoms with van der Waals surface area (Å²) >= 11 is 0. The molecule has 4 rings (SSSR count). The van der Waals surface area contributed by atoms with Crippen molar-refractivity contribution in [2.24, 2.45) is 0 Å². The molecule has 4 heteroatoms. The number of fused-ring (bicyclic) bond motifs is 2. The van der Waals surface area contributed by atoms with E-state index < -0.39 is 0 Å². The van der Waals surface area contributed by atoms with Crippen LogP contribution in [-0.2, 0) is 16.9 Å². The Hall–Kier alpha value is -2.33. The third-order valence-electron chi connectivity index (χ3n) is 5.03. The number of likely N-dealkylation sites (tertiary alicyclic amines) is 1. The molecule has 118 valence electrons. The summed E-state index contributed by atoms with van der Waals surface area (Å²) in [5.74, 6) is 0.0751. The van der Waals surface area contributed by atoms with E-state index in [2.05, 4.69) is 24.3 Å². The summed E-state index contributed by atoms with van der Waals surface area (Å²) in [5.41, 5.74) is 9.45. The van der Waals surface area contributed by atoms with Crippen molar-refractivity contribution >= 4 is 11.6 Å². The van der Waals surface area contributed by atoms with Crippen LogP contribution in [0.15, 0.2) is 48.5 Å². The van der Waals surface area contributed by atoms with E-state index in [1.165, 1.54) is 11.1 Å². The number of nitrogens with zero attached hydrogens (tertiary/aromatic N) is 1. The highest BCUT2D eigenvalue weighted by Crippen LogP contribution is 2.44. The Bertz CT molecular complexity index is 731. The molecule has 2 aliphatic rings. The van der Waals surface area contributed by atoms with E-state index in [1.807, 2.05) is 4.90 Å². The molecule has 2 N–H and O–H groups in total. The third kappa shape index (κ3) is 2.39. The molecule has 23 heavy (non-hydrogen) atoms. The van der Waals surface area contributed by atoms with Gasteiger partial charge in [0.2, 0.25) is 0 Å². The highest BCUT2D eigenvalue weighted by atomic mass is 16.5. The minimum Gasteiger partial charge on any atom is -0.399 e. The second-order valence-corrected chi connectivity index (χ2v) is 6.35. The van der Waals surface area contributed by atoms with Gasteiger partial charge >= 0.3 is 0 Å². The molecule has 2 aliphatic heterocycles. The molecule has 2 heterocycles. The lowest BCUT2D eigenvalue weighted by molar-refractivity contribution is -0.0741. The van der Waals surface area contributed by atoms with Gasteiger partial charge in [-0.2, -0.15) is 0 Å². The highest BCUT2D eigenvalue weighted by molar-refractivity contribution is 5.94. The molecule has 0 unspecified atom stereocenters. The van der Waals surface area contributed by atoms with Crippen molar-refractivity contribution in [3.8, 4) is 0 Å². The Morgan fingerprint density at radius 1 is 1.04 bits per heavy atom. The van der Waals surface area contributed by atoms with Gasteiger partial charge in [-0.25, -0.2) is 0 Å². The van der Waals surface area contributed by atoms with Crippen LogP contribution in [0.3, 0.4) is 0 Å². The van der Waals surface area contributed by atoms with Gasteiger partial charge in [0, 0.05) is 24.3 Å². The topological polar surface area (TPSA) is 55.6 Å². The molecule has 4 nitrogen and oxygen atoms in total. The van der Waals surface area contributed by atoms with E-state index in [4.69, 9.17) is 10.5 Å². The lowest BCUT2D eigenvalue weighted by atomic mass is 9.83. The quantitative estimate of drug-likeness (QED) is 0.824. The summed E-state index contributed by atoms with van der Waals surface area (Å²) in [6.07, 6.45) is 1.70. The molecule has 0 aromatic heterocycles. The van der Waals surface area contributed by atoms with Gasteiger partial charge < -0.3 is 15.4 Å². The van der Waals surface area contributed by atoms with Crippen LogP contribution in [0.25, 0.3) is 0 Å². The lowest BCUT2D eigenvalue weighted by Gasteiger charge is -2.39. The SMILES string of the molecule is Nc1ccc(C(=O)N2CCC3(CC2)OCc2ccccc23)cc1. The summed E-state index contributed by atoms with van der Waals surface area (Å²) in [5, 5.41) is 0. The number of benzene rings is 2. The maximum absolute atomic E-state index is 12.6. The summed E-state index contributed by atoms with van der Waals surface area (Å²) in [4.78, 5) is 14.5. The molecule has 0 radical (unpaired) electrons. The minimum atomic E-state index is -0.200. The van der Waals surface area contributed by atoms with Gasteiger partial charge in [-0.3, -0.25) is 4.79 Å². The molecule has 2 aromatic rings. The minimum absolute atomic E-state index is 0.0751. The molecule has 1 fully saturated rings. The Kier molecular flexibility index (Phi) is 3.34. The van der Waals surface area contributed by atoms with Gasteiger partial charge in [0.15, 0.2) is 0 Å². The van der Waals surface area contributed by atoms with Crippen LogP contribution in [0.5, 0.6) is 0 Å². The van der Waals surface area contributed by atoms with Gasteiger partial charge in [-0.1, -0.05) is 24.3 Å². The first-order valence-electron chi connectivity index (χ1n) is 8.05. The predicted octanol–water partition coefficient (Wildman–Crippen LogP) is 2.93. The second kappa shape index (κ2) is 5.39. The molecule has 2 aromatic carbocycles. The number of piperidine rings is 1. The molecule has 1 saturated heterocycles. The number of rotatable bonds is 1. The first-order chi connectivity index (χ1) is 11.2. The lowest BCUT2D eigenvalue weighted by Crippen LogP contribution is -2.45. The molecule has 0 atom stereocenters. The number of hydrogen-bond acceptors (Lipinski definition) is 3. The number of nitrogens with two attached hydrogens (primary N) is 1. The highest BCUT2D eigenvalue weighted by Gasteiger charge is 2.43. The zero-order valence-corrected chi connectivity index (χ0v) is 13.0. The number of carbonyl (C=O) groups excluding carboxylic acids is 1. The fourth-order valence-electron chi connectivity index (χ4n) is 3.68. The van der Waals surface area contributed by atoms with Crippen molar-refractivity contribution in [3.05, 3.63) is 65.2 Å². The summed E-state index contributed by atoms with van der Waals surface area (Å²) < 4.78 is 6.15. The van der Waals surface area contributed by atoms with Crippen molar-refractivity contribution in [2.75, 3.05) is 18.8 Å². The third-order valence-corrected chi connectivity index (χ3v) is 5.03. The standard InChI is InChI=1S/C19H20N2O2/c20-16-7-5-14(6-8-16)18(22)21-11-9-19(10-12-21)17-4-2-1-3-15(17)13-23-19/h1-8H,9-13,20H2. The normalized spacial score (nSPS) is 18.9. The zero-order chi connectivity index (χ0) is 15.9. The number of hydrogen-bond donors (Lipinski definition) is 1. The maximum atomic E-state index is 12.6. The Morgan fingerprint density at radius 2 is 1.74 bits per heavy atom. The molecule has 0 saturated carbocycles. The average Bonchev–Trinajstić information content (AvgIpc) is 2.95. The van der Waals surface area contributed by atoms with Gasteiger partial charge in [-0.05, 0) is 48.2 Å². The number of anilines is 1. The van der Waals surface area contributed by atoms with Crippen molar-refractivity contribution in [2.45, 2.75) is 25.0 Å². The molecule has 1 spiro atoms. The van der Waals surface area contributed by atoms with Gasteiger partial charge in [-0.15, -0.1) is 0 Å². The second-order valence-electron chi connectivity index (χ2n) is 6.35. The molecular weight excluding hydrogens is 288 g/mol. The fourth-order valence-corrected chi connectivity index (χ4v) is 3.68. The van der Waals surface area contributed by atoms with Gasteiger partial charge in [0.25, 0.3) is 5.91 Å². The van der Waals surface area contributed by atoms with E-state index in [1.54, 1.807) is 24.3 Å². The van der Waals surface area contributed by atoms with Crippen LogP contribution in [-0.4, -0.2) is 23.9 Å². The van der Waals surface area contributed by atoms with Gasteiger partial charge in [0.05, 0.1) is 12.2 Å². The predicted molar refractivity (Wildman–Crippen MR) is 88.9 cm³/mol. The molecular formula is C19H20N2O2. The van der Waals surface area contributed by atoms with E-state index in [0.717, 1.165) is 25.9 Å². The maximum Gasteiger partial charge on any atom is 0.253 e. The Morgan fingerprint density at radius 3 is 2.48 bits per heavy atom. The van der Waals surface area contributed by atoms with E-state index in [0.29, 0.717) is 17.9 Å². The van der Waals surface area contributed by atoms with E-state index >= 15 is 0 Å². The summed E-state index contributed by atoms with van der Waals surface area (Å²) in [6, 6.07) is 15.6. The Balaban J connectivity index is 1.50. The van der Waals surface area contributed by atoms with Crippen LogP contribution in [0.4, 0.5) is 5.69 Å². The summed E-state index contributed by atoms with van der Waals surface area (Å²) in [6.45, 7) is 2.12. The van der Waals surface area contributed by atoms with Gasteiger partial charge in [0.1, 0.15) is 0 Å². The van der Waals surface area contributed by atoms with Crippen LogP contribution in [0, 0.1) is 0 Å². The average molecular weight is 308 g/mol. The van der Waals surface area contributed by atoms with E-state index in [9.17, 15) is 4.79 Å². The van der Waals surface area contributed by atoms with E-state index in [-0.39, 0.29) is 11.5 Å². The van der Waals surface area contributed by atoms with Crippen LogP contribution < -0.4 is 5.73 Å². The van der Waals surface area contributed by atoms with Crippen LogP contribution in [0.1, 0.15) is 34.3 Å². The molecule has 0 aliphatic carbocycles. The van der Waals surface area contributed by atoms with Crippen LogP contribution in [0.2, 0.25) is 0 Å². The largest absolute Gasteiger partial charge is 0.399 e. The summed E-state index contributed by atoms with van der Waals surface area (Å²) in [7, 11) is 0. The van der Waals surface area contributed by atoms with Crippen molar-refractivity contribution in [1.29, 1.82) is 0 Å². The monoisotopic (exact) mass is 308 g/mol.